The Kier molecular flexibility index (Phi) is 1.96. The van der Waals surface area contributed by atoms with E-state index < -0.39 is 0 Å². The van der Waals surface area contributed by atoms with Crippen LogP contribution in [0.25, 0.3) is 5.52 Å². The van der Waals surface area contributed by atoms with Crippen LogP contribution in [0.5, 0.6) is 0 Å². The minimum absolute atomic E-state index is 0.599. The van der Waals surface area contributed by atoms with Gasteiger partial charge in [-0.2, -0.15) is 0 Å². The third-order valence-corrected chi connectivity index (χ3v) is 1.92. The van der Waals surface area contributed by atoms with Crippen molar-refractivity contribution in [2.24, 2.45) is 0 Å². The zero-order chi connectivity index (χ0) is 8.39. The van der Waals surface area contributed by atoms with Gasteiger partial charge in [-0.1, -0.05) is 0 Å². The van der Waals surface area contributed by atoms with Crippen LogP contribution < -0.4 is 0 Å². The van der Waals surface area contributed by atoms with Gasteiger partial charge in [-0.15, -0.1) is 11.6 Å². The maximum Gasteiger partial charge on any atom is 0.114 e. The minimum Gasteiger partial charge on any atom is -0.301 e. The lowest BCUT2D eigenvalue weighted by Gasteiger charge is -1.96. The fourth-order valence-electron chi connectivity index (χ4n) is 1.18. The molecule has 0 saturated heterocycles. The number of fused-ring (bicyclic) bond motifs is 1. The normalized spacial score (nSPS) is 10.8. The number of aryl methyl sites for hydroxylation is 1. The molecule has 12 heavy (non-hydrogen) atoms. The minimum atomic E-state index is 0.599. The summed E-state index contributed by atoms with van der Waals surface area (Å²) >= 11 is 5.62. The maximum absolute atomic E-state index is 5.62. The number of alkyl halides is 1. The first-order valence-corrected chi connectivity index (χ1v) is 4.27. The lowest BCUT2D eigenvalue weighted by Crippen LogP contribution is -1.95. The van der Waals surface area contributed by atoms with E-state index in [1.54, 1.807) is 18.6 Å². The van der Waals surface area contributed by atoms with Gasteiger partial charge in [0.15, 0.2) is 0 Å². The third kappa shape index (κ3) is 1.16. The highest BCUT2D eigenvalue weighted by Gasteiger charge is 2.00. The summed E-state index contributed by atoms with van der Waals surface area (Å²) in [6.45, 7) is 0. The van der Waals surface area contributed by atoms with Crippen LogP contribution in [0.4, 0.5) is 0 Å². The fraction of sp³-hybridized carbons (Fsp3) is 0.250. The van der Waals surface area contributed by atoms with E-state index in [0.29, 0.717) is 5.88 Å². The summed E-state index contributed by atoms with van der Waals surface area (Å²) in [5.74, 6) is 1.59. The first-order chi connectivity index (χ1) is 5.92. The Labute approximate surface area is 75.0 Å². The summed E-state index contributed by atoms with van der Waals surface area (Å²) < 4.78 is 2.00. The molecular weight excluding hydrogens is 174 g/mol. The maximum atomic E-state index is 5.62. The first-order valence-electron chi connectivity index (χ1n) is 3.74. The Hall–Kier alpha value is -1.09. The van der Waals surface area contributed by atoms with Crippen molar-refractivity contribution in [3.63, 3.8) is 0 Å². The van der Waals surface area contributed by atoms with Gasteiger partial charge >= 0.3 is 0 Å². The van der Waals surface area contributed by atoms with E-state index in [4.69, 9.17) is 11.6 Å². The molecule has 0 spiro atoms. The highest BCUT2D eigenvalue weighted by molar-refractivity contribution is 6.17. The van der Waals surface area contributed by atoms with Crippen LogP contribution in [0.3, 0.4) is 0 Å². The number of imidazole rings is 1. The van der Waals surface area contributed by atoms with Gasteiger partial charge in [0.2, 0.25) is 0 Å². The molecule has 0 radical (unpaired) electrons. The van der Waals surface area contributed by atoms with Crippen LogP contribution >= 0.6 is 11.6 Å². The second-order valence-electron chi connectivity index (χ2n) is 2.48. The molecule has 62 valence electrons. The lowest BCUT2D eigenvalue weighted by molar-refractivity contribution is 0.931. The van der Waals surface area contributed by atoms with E-state index in [2.05, 4.69) is 9.97 Å². The Morgan fingerprint density at radius 1 is 1.42 bits per heavy atom. The van der Waals surface area contributed by atoms with Gasteiger partial charge in [0.05, 0.1) is 17.9 Å². The van der Waals surface area contributed by atoms with Crippen LogP contribution in [0.15, 0.2) is 24.8 Å². The highest BCUT2D eigenvalue weighted by Crippen LogP contribution is 2.05. The molecule has 2 rings (SSSR count). The standard InChI is InChI=1S/C8H8ClN3/c9-2-1-8-11-6-7-5-10-3-4-12(7)8/h3-6H,1-2H2. The second kappa shape index (κ2) is 3.11. The van der Waals surface area contributed by atoms with Crippen molar-refractivity contribution in [3.05, 3.63) is 30.6 Å². The number of rotatable bonds is 2. The Balaban J connectivity index is 2.55. The quantitative estimate of drug-likeness (QED) is 0.658. The number of halogens is 1. The van der Waals surface area contributed by atoms with E-state index in [9.17, 15) is 0 Å². The van der Waals surface area contributed by atoms with E-state index in [0.717, 1.165) is 17.8 Å². The highest BCUT2D eigenvalue weighted by atomic mass is 35.5. The van der Waals surface area contributed by atoms with Crippen molar-refractivity contribution < 1.29 is 0 Å². The average Bonchev–Trinajstić information content (AvgIpc) is 2.50. The third-order valence-electron chi connectivity index (χ3n) is 1.73. The zero-order valence-corrected chi connectivity index (χ0v) is 7.20. The number of nitrogens with zero attached hydrogens (tertiary/aromatic N) is 3. The summed E-state index contributed by atoms with van der Waals surface area (Å²) in [6.07, 6.45) is 8.01. The van der Waals surface area contributed by atoms with Crippen molar-refractivity contribution in [1.82, 2.24) is 14.4 Å². The monoisotopic (exact) mass is 181 g/mol. The Morgan fingerprint density at radius 2 is 2.33 bits per heavy atom. The van der Waals surface area contributed by atoms with Crippen LogP contribution in [0, 0.1) is 0 Å². The van der Waals surface area contributed by atoms with E-state index in [-0.39, 0.29) is 0 Å². The van der Waals surface area contributed by atoms with Gasteiger partial charge in [-0.25, -0.2) is 4.98 Å². The molecule has 0 unspecified atom stereocenters. The summed E-state index contributed by atoms with van der Waals surface area (Å²) in [4.78, 5) is 8.22. The van der Waals surface area contributed by atoms with Gasteiger partial charge < -0.3 is 4.40 Å². The number of hydrogen-bond acceptors (Lipinski definition) is 2. The molecule has 2 heterocycles. The molecule has 0 aliphatic rings. The SMILES string of the molecule is ClCCc1ncc2cnccn12. The van der Waals surface area contributed by atoms with Crippen molar-refractivity contribution >= 4 is 17.1 Å². The van der Waals surface area contributed by atoms with Gasteiger partial charge in [0.25, 0.3) is 0 Å². The van der Waals surface area contributed by atoms with Crippen molar-refractivity contribution in [3.8, 4) is 0 Å². The predicted molar refractivity (Wildman–Crippen MR) is 47.4 cm³/mol. The lowest BCUT2D eigenvalue weighted by atomic mass is 10.4. The van der Waals surface area contributed by atoms with E-state index >= 15 is 0 Å². The van der Waals surface area contributed by atoms with E-state index in [1.807, 2.05) is 10.6 Å². The number of aromatic nitrogens is 3. The topological polar surface area (TPSA) is 30.2 Å². The zero-order valence-electron chi connectivity index (χ0n) is 6.44. The fourth-order valence-corrected chi connectivity index (χ4v) is 1.34. The van der Waals surface area contributed by atoms with Gasteiger partial charge in [-0.05, 0) is 0 Å². The smallest absolute Gasteiger partial charge is 0.114 e. The molecule has 2 aromatic heterocycles. The first kappa shape index (κ1) is 7.55. The van der Waals surface area contributed by atoms with Crippen LogP contribution in [-0.2, 0) is 6.42 Å². The largest absolute Gasteiger partial charge is 0.301 e. The summed E-state index contributed by atoms with van der Waals surface area (Å²) in [6, 6.07) is 0. The molecule has 0 saturated carbocycles. The van der Waals surface area contributed by atoms with Crippen LogP contribution in [0.1, 0.15) is 5.82 Å². The molecule has 4 heteroatoms. The van der Waals surface area contributed by atoms with Crippen molar-refractivity contribution in [1.29, 1.82) is 0 Å². The summed E-state index contributed by atoms with van der Waals surface area (Å²) in [7, 11) is 0. The Bertz CT molecular complexity index is 382. The van der Waals surface area contributed by atoms with Crippen LogP contribution in [0.2, 0.25) is 0 Å². The summed E-state index contributed by atoms with van der Waals surface area (Å²) in [5.41, 5.74) is 1.01. The molecule has 3 nitrogen and oxygen atoms in total. The molecule has 0 N–H and O–H groups in total. The summed E-state index contributed by atoms with van der Waals surface area (Å²) in [5, 5.41) is 0. The molecule has 0 fully saturated rings. The molecule has 0 aliphatic carbocycles. The van der Waals surface area contributed by atoms with E-state index in [1.165, 1.54) is 0 Å². The predicted octanol–water partition coefficient (Wildman–Crippen LogP) is 1.51. The molecular formula is C8H8ClN3. The molecule has 2 aromatic rings. The molecule has 0 atom stereocenters. The van der Waals surface area contributed by atoms with Crippen molar-refractivity contribution in [2.75, 3.05) is 5.88 Å². The Morgan fingerprint density at radius 3 is 3.17 bits per heavy atom. The van der Waals surface area contributed by atoms with Crippen LogP contribution in [-0.4, -0.2) is 20.2 Å². The second-order valence-corrected chi connectivity index (χ2v) is 2.86. The average molecular weight is 182 g/mol. The van der Waals surface area contributed by atoms with Crippen molar-refractivity contribution in [2.45, 2.75) is 6.42 Å². The van der Waals surface area contributed by atoms with Gasteiger partial charge in [0, 0.05) is 24.7 Å². The molecule has 0 aliphatic heterocycles. The molecule has 0 amide bonds. The number of hydrogen-bond donors (Lipinski definition) is 0. The van der Waals surface area contributed by atoms with Gasteiger partial charge in [0.1, 0.15) is 5.82 Å². The molecule has 0 aromatic carbocycles. The van der Waals surface area contributed by atoms with Gasteiger partial charge in [-0.3, -0.25) is 4.98 Å². The molecule has 0 bridgehead atoms.